The zero-order chi connectivity index (χ0) is 17.3. The zero-order valence-corrected chi connectivity index (χ0v) is 13.6. The van der Waals surface area contributed by atoms with Crippen molar-refractivity contribution >= 4 is 17.4 Å². The van der Waals surface area contributed by atoms with Gasteiger partial charge in [-0.25, -0.2) is 0 Å². The van der Waals surface area contributed by atoms with Gasteiger partial charge in [-0.2, -0.15) is 4.57 Å². The van der Waals surface area contributed by atoms with Crippen LogP contribution in [0.3, 0.4) is 0 Å². The normalized spacial score (nSPS) is 19.2. The minimum absolute atomic E-state index is 0.188. The predicted octanol–water partition coefficient (Wildman–Crippen LogP) is 2.75. The van der Waals surface area contributed by atoms with Crippen LogP contribution in [-0.4, -0.2) is 11.7 Å². The number of fused-ring (bicyclic) bond motifs is 1. The molecule has 0 fully saturated rings. The van der Waals surface area contributed by atoms with Crippen molar-refractivity contribution in [1.82, 2.24) is 0 Å². The Morgan fingerprint density at radius 1 is 0.800 bits per heavy atom. The molecule has 4 heteroatoms. The summed E-state index contributed by atoms with van der Waals surface area (Å²) in [7, 11) is 0. The number of anilines is 1. The van der Waals surface area contributed by atoms with E-state index in [1.54, 1.807) is 29.1 Å². The molecule has 0 saturated carbocycles. The molecule has 0 bridgehead atoms. The van der Waals surface area contributed by atoms with Gasteiger partial charge in [0.05, 0.1) is 12.1 Å². The van der Waals surface area contributed by atoms with E-state index in [-0.39, 0.29) is 11.7 Å². The Labute approximate surface area is 145 Å². The SMILES string of the molecule is O=C1Nc2ccccc2C(=O)C1(Cc1ccccc1)[n+]1ccccc1. The smallest absolute Gasteiger partial charge is 0.312 e. The highest BCUT2D eigenvalue weighted by Crippen LogP contribution is 2.32. The molecule has 1 aromatic heterocycles. The molecule has 1 atom stereocenters. The van der Waals surface area contributed by atoms with Crippen LogP contribution in [0.15, 0.2) is 85.2 Å². The Bertz CT molecular complexity index is 938. The Morgan fingerprint density at radius 3 is 2.20 bits per heavy atom. The molecular formula is C21H17N2O2+. The van der Waals surface area contributed by atoms with Crippen LogP contribution < -0.4 is 9.88 Å². The molecule has 0 aliphatic carbocycles. The number of rotatable bonds is 3. The van der Waals surface area contributed by atoms with E-state index < -0.39 is 5.54 Å². The molecule has 1 aliphatic rings. The number of Topliss-reactive ketones (excluding diaryl/α,β-unsaturated/α-hetero) is 1. The van der Waals surface area contributed by atoms with Crippen LogP contribution in [-0.2, 0) is 16.8 Å². The average molecular weight is 329 g/mol. The molecule has 2 aromatic carbocycles. The lowest BCUT2D eigenvalue weighted by atomic mass is 9.79. The molecule has 1 amide bonds. The summed E-state index contributed by atoms with van der Waals surface area (Å²) >= 11 is 0. The summed E-state index contributed by atoms with van der Waals surface area (Å²) in [6.07, 6.45) is 3.84. The van der Waals surface area contributed by atoms with Crippen molar-refractivity contribution in [2.45, 2.75) is 12.0 Å². The quantitative estimate of drug-likeness (QED) is 0.593. The fraction of sp³-hybridized carbons (Fsp3) is 0.0952. The third-order valence-corrected chi connectivity index (χ3v) is 4.63. The fourth-order valence-electron chi connectivity index (χ4n) is 3.37. The van der Waals surface area contributed by atoms with Gasteiger partial charge in [0.15, 0.2) is 12.4 Å². The van der Waals surface area contributed by atoms with E-state index >= 15 is 0 Å². The Kier molecular flexibility index (Phi) is 3.65. The van der Waals surface area contributed by atoms with Crippen LogP contribution in [0.1, 0.15) is 15.9 Å². The van der Waals surface area contributed by atoms with Gasteiger partial charge in [-0.1, -0.05) is 48.5 Å². The maximum absolute atomic E-state index is 13.5. The van der Waals surface area contributed by atoms with Crippen molar-refractivity contribution in [3.05, 3.63) is 96.3 Å². The average Bonchev–Trinajstić information content (AvgIpc) is 2.67. The third-order valence-electron chi connectivity index (χ3n) is 4.63. The van der Waals surface area contributed by atoms with Crippen molar-refractivity contribution in [3.63, 3.8) is 0 Å². The number of ketones is 1. The van der Waals surface area contributed by atoms with Crippen LogP contribution in [0.5, 0.6) is 0 Å². The maximum Gasteiger partial charge on any atom is 0.312 e. The van der Waals surface area contributed by atoms with Crippen LogP contribution >= 0.6 is 0 Å². The lowest BCUT2D eigenvalue weighted by molar-refractivity contribution is -0.732. The summed E-state index contributed by atoms with van der Waals surface area (Å²) in [5.41, 5.74) is 0.700. The van der Waals surface area contributed by atoms with Gasteiger partial charge in [0.2, 0.25) is 5.78 Å². The predicted molar refractivity (Wildman–Crippen MR) is 94.2 cm³/mol. The second-order valence-corrected chi connectivity index (χ2v) is 6.13. The lowest BCUT2D eigenvalue weighted by Crippen LogP contribution is -2.69. The number of carbonyl (C=O) groups excluding carboxylic acids is 2. The number of para-hydroxylation sites is 1. The monoisotopic (exact) mass is 329 g/mol. The minimum Gasteiger partial charge on any atom is -0.319 e. The number of benzene rings is 2. The highest BCUT2D eigenvalue weighted by Gasteiger charge is 2.58. The number of hydrogen-bond acceptors (Lipinski definition) is 2. The van der Waals surface area contributed by atoms with Gasteiger partial charge in [0.1, 0.15) is 0 Å². The molecule has 122 valence electrons. The standard InChI is InChI=1S/C21H16N2O2/c24-19-17-11-5-6-12-18(17)22-20(25)21(19,23-13-7-2-8-14-23)15-16-9-3-1-4-10-16/h1-14H,15H2/p+1. The van der Waals surface area contributed by atoms with Gasteiger partial charge in [-0.15, -0.1) is 0 Å². The van der Waals surface area contributed by atoms with E-state index in [4.69, 9.17) is 0 Å². The number of aromatic nitrogens is 1. The van der Waals surface area contributed by atoms with E-state index in [1.165, 1.54) is 0 Å². The van der Waals surface area contributed by atoms with E-state index in [0.29, 0.717) is 17.7 Å². The van der Waals surface area contributed by atoms with E-state index in [0.717, 1.165) is 5.56 Å². The van der Waals surface area contributed by atoms with Gasteiger partial charge < -0.3 is 5.32 Å². The maximum atomic E-state index is 13.5. The van der Waals surface area contributed by atoms with Crippen molar-refractivity contribution in [2.75, 3.05) is 5.32 Å². The van der Waals surface area contributed by atoms with E-state index in [9.17, 15) is 9.59 Å². The Morgan fingerprint density at radius 2 is 1.44 bits per heavy atom. The number of pyridine rings is 1. The summed E-state index contributed by atoms with van der Waals surface area (Å²) in [6, 6.07) is 22.3. The highest BCUT2D eigenvalue weighted by atomic mass is 16.2. The summed E-state index contributed by atoms with van der Waals surface area (Å²) in [5, 5.41) is 2.92. The second-order valence-electron chi connectivity index (χ2n) is 6.13. The first kappa shape index (κ1) is 15.3. The van der Waals surface area contributed by atoms with Crippen molar-refractivity contribution in [1.29, 1.82) is 0 Å². The van der Waals surface area contributed by atoms with Gasteiger partial charge in [0, 0.05) is 17.7 Å². The number of nitrogens with one attached hydrogen (secondary N) is 1. The van der Waals surface area contributed by atoms with Crippen LogP contribution in [0.4, 0.5) is 5.69 Å². The van der Waals surface area contributed by atoms with Crippen LogP contribution in [0, 0.1) is 0 Å². The molecule has 0 radical (unpaired) electrons. The molecule has 1 unspecified atom stereocenters. The van der Waals surface area contributed by atoms with Crippen LogP contribution in [0.2, 0.25) is 0 Å². The van der Waals surface area contributed by atoms with Crippen molar-refractivity contribution in [2.24, 2.45) is 0 Å². The molecule has 25 heavy (non-hydrogen) atoms. The molecule has 0 saturated heterocycles. The topological polar surface area (TPSA) is 50.1 Å². The summed E-state index contributed by atoms with van der Waals surface area (Å²) in [6.45, 7) is 0. The van der Waals surface area contributed by atoms with Crippen molar-refractivity contribution in [3.8, 4) is 0 Å². The lowest BCUT2D eigenvalue weighted by Gasteiger charge is -2.31. The zero-order valence-electron chi connectivity index (χ0n) is 13.6. The largest absolute Gasteiger partial charge is 0.319 e. The van der Waals surface area contributed by atoms with Crippen molar-refractivity contribution < 1.29 is 14.2 Å². The van der Waals surface area contributed by atoms with E-state index in [1.807, 2.05) is 60.7 Å². The number of hydrogen-bond donors (Lipinski definition) is 1. The first-order valence-corrected chi connectivity index (χ1v) is 8.18. The molecule has 4 nitrogen and oxygen atoms in total. The molecule has 1 aliphatic heterocycles. The number of nitrogens with zero attached hydrogens (tertiary/aromatic N) is 1. The van der Waals surface area contributed by atoms with Gasteiger partial charge in [-0.3, -0.25) is 9.59 Å². The molecule has 4 rings (SSSR count). The summed E-state index contributed by atoms with van der Waals surface area (Å²) in [5.74, 6) is -0.497. The van der Waals surface area contributed by atoms with Gasteiger partial charge in [-0.05, 0) is 17.7 Å². The number of amides is 1. The fourth-order valence-corrected chi connectivity index (χ4v) is 3.37. The minimum atomic E-state index is -1.34. The van der Waals surface area contributed by atoms with Gasteiger partial charge >= 0.3 is 11.4 Å². The third kappa shape index (κ3) is 2.43. The highest BCUT2D eigenvalue weighted by molar-refractivity contribution is 6.24. The van der Waals surface area contributed by atoms with Crippen LogP contribution in [0.25, 0.3) is 0 Å². The molecule has 2 heterocycles. The Hall–Kier alpha value is -3.27. The number of carbonyl (C=O) groups is 2. The first-order chi connectivity index (χ1) is 12.2. The molecule has 1 N–H and O–H groups in total. The van der Waals surface area contributed by atoms with E-state index in [2.05, 4.69) is 5.32 Å². The second kappa shape index (κ2) is 5.98. The summed E-state index contributed by atoms with van der Waals surface area (Å²) in [4.78, 5) is 26.6. The Balaban J connectivity index is 1.92. The van der Waals surface area contributed by atoms with Gasteiger partial charge in [0.25, 0.3) is 0 Å². The molecule has 0 spiro atoms. The molecular weight excluding hydrogens is 312 g/mol. The summed E-state index contributed by atoms with van der Waals surface area (Å²) < 4.78 is 1.72. The first-order valence-electron chi connectivity index (χ1n) is 8.18. The molecule has 3 aromatic rings.